The molecule has 1 heterocycles. The molecular weight excluding hydrogens is 410 g/mol. The fourth-order valence-corrected chi connectivity index (χ4v) is 3.35. The highest BCUT2D eigenvalue weighted by molar-refractivity contribution is 6.10. The van der Waals surface area contributed by atoms with Crippen LogP contribution in [0.1, 0.15) is 48.2 Å². The number of urea groups is 1. The summed E-state index contributed by atoms with van der Waals surface area (Å²) in [7, 11) is 0. The van der Waals surface area contributed by atoms with Crippen LogP contribution < -0.4 is 10.6 Å². The third kappa shape index (κ3) is 4.96. The summed E-state index contributed by atoms with van der Waals surface area (Å²) in [6.45, 7) is 5.50. The topological polar surface area (TPSA) is 105 Å². The summed E-state index contributed by atoms with van der Waals surface area (Å²) in [5.41, 5.74) is 1.26. The number of benzene rings is 2. The third-order valence-corrected chi connectivity index (χ3v) is 5.34. The van der Waals surface area contributed by atoms with Gasteiger partial charge in [-0.25, -0.2) is 9.59 Å². The lowest BCUT2D eigenvalue weighted by molar-refractivity contribution is -0.133. The van der Waals surface area contributed by atoms with E-state index in [1.54, 1.807) is 43.3 Å². The Morgan fingerprint density at radius 2 is 1.72 bits per heavy atom. The van der Waals surface area contributed by atoms with Gasteiger partial charge in [0, 0.05) is 5.69 Å². The largest absolute Gasteiger partial charge is 0.462 e. The number of unbranched alkanes of at least 4 members (excludes halogenated alkanes) is 1. The lowest BCUT2D eigenvalue weighted by Crippen LogP contribution is -2.42. The van der Waals surface area contributed by atoms with E-state index in [9.17, 15) is 19.2 Å². The Morgan fingerprint density at radius 1 is 1.06 bits per heavy atom. The van der Waals surface area contributed by atoms with Gasteiger partial charge in [0.05, 0.1) is 12.2 Å². The van der Waals surface area contributed by atoms with Gasteiger partial charge in [-0.2, -0.15) is 0 Å². The summed E-state index contributed by atoms with van der Waals surface area (Å²) in [5, 5.41) is 5.32. The van der Waals surface area contributed by atoms with Crippen molar-refractivity contribution in [3.63, 3.8) is 0 Å². The van der Waals surface area contributed by atoms with E-state index < -0.39 is 35.9 Å². The second-order valence-electron chi connectivity index (χ2n) is 7.93. The van der Waals surface area contributed by atoms with Crippen LogP contribution in [-0.2, 0) is 19.9 Å². The monoisotopic (exact) mass is 437 g/mol. The average molecular weight is 437 g/mol. The number of esters is 1. The summed E-state index contributed by atoms with van der Waals surface area (Å²) >= 11 is 0. The quantitative estimate of drug-likeness (QED) is 0.374. The van der Waals surface area contributed by atoms with Gasteiger partial charge in [0.2, 0.25) is 5.91 Å². The Morgan fingerprint density at radius 3 is 2.34 bits per heavy atom. The van der Waals surface area contributed by atoms with Crippen molar-refractivity contribution in [3.8, 4) is 0 Å². The molecule has 1 saturated heterocycles. The number of rotatable bonds is 8. The van der Waals surface area contributed by atoms with E-state index in [0.29, 0.717) is 23.4 Å². The van der Waals surface area contributed by atoms with Crippen molar-refractivity contribution in [3.05, 3.63) is 65.2 Å². The van der Waals surface area contributed by atoms with Gasteiger partial charge in [0.15, 0.2) is 0 Å². The number of aryl methyl sites for hydroxylation is 1. The van der Waals surface area contributed by atoms with E-state index in [2.05, 4.69) is 10.6 Å². The van der Waals surface area contributed by atoms with E-state index in [1.807, 2.05) is 26.0 Å². The van der Waals surface area contributed by atoms with Crippen LogP contribution in [0.2, 0.25) is 0 Å². The summed E-state index contributed by atoms with van der Waals surface area (Å²) in [6.07, 6.45) is 1.73. The lowest BCUT2D eigenvalue weighted by atomic mass is 9.91. The van der Waals surface area contributed by atoms with Crippen molar-refractivity contribution >= 4 is 29.5 Å². The predicted molar refractivity (Wildman–Crippen MR) is 119 cm³/mol. The molecule has 0 aromatic heterocycles. The van der Waals surface area contributed by atoms with Gasteiger partial charge >= 0.3 is 12.0 Å². The van der Waals surface area contributed by atoms with Crippen LogP contribution in [0.4, 0.5) is 10.5 Å². The number of carbonyl (C=O) groups excluding carboxylic acids is 4. The number of imide groups is 1. The van der Waals surface area contributed by atoms with Crippen LogP contribution in [-0.4, -0.2) is 41.9 Å². The van der Waals surface area contributed by atoms with Crippen LogP contribution in [0.3, 0.4) is 0 Å². The molecule has 3 rings (SSSR count). The number of nitrogens with one attached hydrogen (secondary N) is 2. The van der Waals surface area contributed by atoms with Crippen molar-refractivity contribution in [2.24, 2.45) is 0 Å². The molecule has 0 saturated carbocycles. The molecule has 168 valence electrons. The summed E-state index contributed by atoms with van der Waals surface area (Å²) in [6, 6.07) is 12.9. The molecule has 0 radical (unpaired) electrons. The molecule has 32 heavy (non-hydrogen) atoms. The maximum absolute atomic E-state index is 12.9. The Kier molecular flexibility index (Phi) is 6.92. The fourth-order valence-electron chi connectivity index (χ4n) is 3.35. The minimum Gasteiger partial charge on any atom is -0.462 e. The second kappa shape index (κ2) is 9.64. The molecule has 1 unspecified atom stereocenters. The number of carbonyl (C=O) groups is 4. The normalized spacial score (nSPS) is 17.8. The molecule has 0 aliphatic carbocycles. The van der Waals surface area contributed by atoms with Crippen LogP contribution >= 0.6 is 0 Å². The van der Waals surface area contributed by atoms with E-state index in [1.165, 1.54) is 0 Å². The first-order chi connectivity index (χ1) is 15.2. The fraction of sp³-hybridized carbons (Fsp3) is 0.333. The Hall–Kier alpha value is -3.68. The van der Waals surface area contributed by atoms with Gasteiger partial charge in [-0.3, -0.25) is 14.5 Å². The predicted octanol–water partition coefficient (Wildman–Crippen LogP) is 3.36. The molecule has 1 aliphatic rings. The first kappa shape index (κ1) is 23.0. The zero-order valence-corrected chi connectivity index (χ0v) is 18.4. The van der Waals surface area contributed by atoms with E-state index in [-0.39, 0.29) is 0 Å². The van der Waals surface area contributed by atoms with Gasteiger partial charge < -0.3 is 15.4 Å². The highest BCUT2D eigenvalue weighted by Gasteiger charge is 2.49. The highest BCUT2D eigenvalue weighted by Crippen LogP contribution is 2.29. The molecule has 4 amide bonds. The molecule has 1 aliphatic heterocycles. The molecule has 2 N–H and O–H groups in total. The van der Waals surface area contributed by atoms with Gasteiger partial charge in [0.1, 0.15) is 12.1 Å². The van der Waals surface area contributed by atoms with Crippen LogP contribution in [0.25, 0.3) is 0 Å². The van der Waals surface area contributed by atoms with E-state index >= 15 is 0 Å². The molecule has 8 nitrogen and oxygen atoms in total. The zero-order chi connectivity index (χ0) is 23.3. The number of ether oxygens (including phenoxy) is 1. The highest BCUT2D eigenvalue weighted by atomic mass is 16.5. The molecule has 0 bridgehead atoms. The van der Waals surface area contributed by atoms with Gasteiger partial charge in [-0.05, 0) is 50.1 Å². The molecule has 8 heteroatoms. The van der Waals surface area contributed by atoms with Gasteiger partial charge in [-0.15, -0.1) is 0 Å². The molecule has 0 spiro atoms. The lowest BCUT2D eigenvalue weighted by Gasteiger charge is -2.22. The maximum Gasteiger partial charge on any atom is 0.338 e. The number of hydrogen-bond donors (Lipinski definition) is 2. The van der Waals surface area contributed by atoms with Crippen molar-refractivity contribution in [1.29, 1.82) is 0 Å². The average Bonchev–Trinajstić information content (AvgIpc) is 2.98. The van der Waals surface area contributed by atoms with Crippen LogP contribution in [0.15, 0.2) is 48.5 Å². The number of amides is 4. The standard InChI is InChI=1S/C24H27N3O5/c1-4-5-14-32-21(29)17-8-12-19(13-9-17)25-20(28)15-27-22(30)24(3,26-23(27)31)18-10-6-16(2)7-11-18/h6-13H,4-5,14-15H2,1-3H3,(H,25,28)(H,26,31). The molecule has 2 aromatic carbocycles. The Labute approximate surface area is 186 Å². The number of anilines is 1. The maximum atomic E-state index is 12.9. The summed E-state index contributed by atoms with van der Waals surface area (Å²) < 4.78 is 5.15. The summed E-state index contributed by atoms with van der Waals surface area (Å²) in [4.78, 5) is 50.7. The Balaban J connectivity index is 1.61. The van der Waals surface area contributed by atoms with Crippen molar-refractivity contribution in [2.75, 3.05) is 18.5 Å². The third-order valence-electron chi connectivity index (χ3n) is 5.34. The van der Waals surface area contributed by atoms with Crippen molar-refractivity contribution in [2.45, 2.75) is 39.2 Å². The van der Waals surface area contributed by atoms with E-state index in [4.69, 9.17) is 4.74 Å². The van der Waals surface area contributed by atoms with Crippen molar-refractivity contribution < 1.29 is 23.9 Å². The number of nitrogens with zero attached hydrogens (tertiary/aromatic N) is 1. The first-order valence-electron chi connectivity index (χ1n) is 10.5. The minimum absolute atomic E-state index is 0.362. The molecule has 2 aromatic rings. The van der Waals surface area contributed by atoms with Crippen LogP contribution in [0.5, 0.6) is 0 Å². The molecule has 1 atom stereocenters. The van der Waals surface area contributed by atoms with Crippen molar-refractivity contribution in [1.82, 2.24) is 10.2 Å². The SMILES string of the molecule is CCCCOC(=O)c1ccc(NC(=O)CN2C(=O)NC(C)(c3ccc(C)cc3)C2=O)cc1. The second-order valence-corrected chi connectivity index (χ2v) is 7.93. The number of hydrogen-bond acceptors (Lipinski definition) is 5. The molecule has 1 fully saturated rings. The smallest absolute Gasteiger partial charge is 0.338 e. The molecular formula is C24H27N3O5. The van der Waals surface area contributed by atoms with Crippen LogP contribution in [0, 0.1) is 6.92 Å². The zero-order valence-electron chi connectivity index (χ0n) is 18.4. The minimum atomic E-state index is -1.23. The van der Waals surface area contributed by atoms with Gasteiger partial charge in [-0.1, -0.05) is 43.2 Å². The van der Waals surface area contributed by atoms with Gasteiger partial charge in [0.25, 0.3) is 5.91 Å². The van der Waals surface area contributed by atoms with E-state index in [0.717, 1.165) is 23.3 Å². The first-order valence-corrected chi connectivity index (χ1v) is 10.5. The Bertz CT molecular complexity index is 1020. The summed E-state index contributed by atoms with van der Waals surface area (Å²) in [5.74, 6) is -1.45.